The molecule has 1 saturated carbocycles. The van der Waals surface area contributed by atoms with Gasteiger partial charge in [0, 0.05) is 24.4 Å². The molecule has 0 bridgehead atoms. The van der Waals surface area contributed by atoms with Crippen LogP contribution in [0.4, 0.5) is 0 Å². The van der Waals surface area contributed by atoms with E-state index < -0.39 is 5.60 Å². The maximum absolute atomic E-state index is 10.4. The van der Waals surface area contributed by atoms with Crippen LogP contribution in [0.15, 0.2) is 24.4 Å². The molecule has 0 saturated heterocycles. The Morgan fingerprint density at radius 3 is 3.07 bits per heavy atom. The van der Waals surface area contributed by atoms with Gasteiger partial charge >= 0.3 is 0 Å². The van der Waals surface area contributed by atoms with Crippen molar-refractivity contribution in [3.8, 4) is 0 Å². The monoisotopic (exact) mass is 206 g/mol. The van der Waals surface area contributed by atoms with Crippen LogP contribution in [0.2, 0.25) is 0 Å². The maximum Gasteiger partial charge on any atom is 0.0717 e. The van der Waals surface area contributed by atoms with Crippen molar-refractivity contribution in [2.45, 2.75) is 43.7 Å². The van der Waals surface area contributed by atoms with E-state index in [0.29, 0.717) is 12.8 Å². The zero-order valence-corrected chi connectivity index (χ0v) is 8.89. The van der Waals surface area contributed by atoms with Crippen LogP contribution in [-0.4, -0.2) is 21.7 Å². The van der Waals surface area contributed by atoms with E-state index in [4.69, 9.17) is 5.73 Å². The highest BCUT2D eigenvalue weighted by Crippen LogP contribution is 2.30. The van der Waals surface area contributed by atoms with Crippen LogP contribution in [0.5, 0.6) is 0 Å². The molecule has 1 heterocycles. The molecule has 1 aromatic rings. The molecule has 1 fully saturated rings. The van der Waals surface area contributed by atoms with Gasteiger partial charge in [0.25, 0.3) is 0 Å². The van der Waals surface area contributed by atoms with Crippen molar-refractivity contribution in [1.29, 1.82) is 0 Å². The second kappa shape index (κ2) is 4.29. The van der Waals surface area contributed by atoms with E-state index in [9.17, 15) is 5.11 Å². The minimum Gasteiger partial charge on any atom is -0.389 e. The fourth-order valence-electron chi connectivity index (χ4n) is 2.39. The molecule has 0 aliphatic heterocycles. The molecule has 3 heteroatoms. The van der Waals surface area contributed by atoms with Gasteiger partial charge in [-0.05, 0) is 37.8 Å². The summed E-state index contributed by atoms with van der Waals surface area (Å²) < 4.78 is 0. The molecular formula is C12H18N2O. The van der Waals surface area contributed by atoms with Gasteiger partial charge in [-0.25, -0.2) is 0 Å². The van der Waals surface area contributed by atoms with Crippen molar-refractivity contribution in [3.63, 3.8) is 0 Å². The molecular weight excluding hydrogens is 188 g/mol. The molecule has 82 valence electrons. The zero-order chi connectivity index (χ0) is 10.7. The Bertz CT molecular complexity index is 315. The summed E-state index contributed by atoms with van der Waals surface area (Å²) in [6, 6.07) is 5.94. The smallest absolute Gasteiger partial charge is 0.0717 e. The zero-order valence-electron chi connectivity index (χ0n) is 8.89. The Morgan fingerprint density at radius 2 is 2.40 bits per heavy atom. The van der Waals surface area contributed by atoms with Gasteiger partial charge in [0.15, 0.2) is 0 Å². The van der Waals surface area contributed by atoms with Gasteiger partial charge in [-0.1, -0.05) is 6.07 Å². The molecule has 3 N–H and O–H groups in total. The average molecular weight is 206 g/mol. The average Bonchev–Trinajstić information content (AvgIpc) is 2.18. The van der Waals surface area contributed by atoms with Crippen molar-refractivity contribution >= 4 is 0 Å². The van der Waals surface area contributed by atoms with Gasteiger partial charge < -0.3 is 10.8 Å². The van der Waals surface area contributed by atoms with Crippen LogP contribution in [0, 0.1) is 0 Å². The Labute approximate surface area is 90.3 Å². The number of hydrogen-bond acceptors (Lipinski definition) is 3. The standard InChI is InChI=1S/C12H18N2O/c13-10-4-3-6-12(15,8-10)9-11-5-1-2-7-14-11/h1-2,5,7,10,15H,3-4,6,8-9,13H2. The Hall–Kier alpha value is -0.930. The first-order chi connectivity index (χ1) is 7.18. The van der Waals surface area contributed by atoms with Gasteiger partial charge in [-0.3, -0.25) is 4.98 Å². The summed E-state index contributed by atoms with van der Waals surface area (Å²) in [5.74, 6) is 0. The number of aliphatic hydroxyl groups is 1. The van der Waals surface area contributed by atoms with Gasteiger partial charge in [-0.2, -0.15) is 0 Å². The van der Waals surface area contributed by atoms with Crippen LogP contribution in [0.3, 0.4) is 0 Å². The number of hydrogen-bond donors (Lipinski definition) is 2. The molecule has 0 spiro atoms. The maximum atomic E-state index is 10.4. The van der Waals surface area contributed by atoms with E-state index in [2.05, 4.69) is 4.98 Å². The third kappa shape index (κ3) is 2.76. The molecule has 1 aromatic heterocycles. The SMILES string of the molecule is NC1CCCC(O)(Cc2ccccn2)C1. The quantitative estimate of drug-likeness (QED) is 0.765. The van der Waals surface area contributed by atoms with Crippen molar-refractivity contribution in [3.05, 3.63) is 30.1 Å². The fraction of sp³-hybridized carbons (Fsp3) is 0.583. The van der Waals surface area contributed by atoms with Gasteiger partial charge in [0.05, 0.1) is 5.60 Å². The number of aromatic nitrogens is 1. The molecule has 0 aromatic carbocycles. The fourth-order valence-corrected chi connectivity index (χ4v) is 2.39. The van der Waals surface area contributed by atoms with Crippen LogP contribution < -0.4 is 5.73 Å². The van der Waals surface area contributed by atoms with E-state index in [1.165, 1.54) is 0 Å². The largest absolute Gasteiger partial charge is 0.389 e. The topological polar surface area (TPSA) is 59.1 Å². The lowest BCUT2D eigenvalue weighted by Gasteiger charge is -2.35. The van der Waals surface area contributed by atoms with Crippen molar-refractivity contribution in [2.24, 2.45) is 5.73 Å². The van der Waals surface area contributed by atoms with E-state index in [-0.39, 0.29) is 6.04 Å². The summed E-state index contributed by atoms with van der Waals surface area (Å²) in [6.45, 7) is 0. The highest BCUT2D eigenvalue weighted by atomic mass is 16.3. The van der Waals surface area contributed by atoms with Gasteiger partial charge in [0.1, 0.15) is 0 Å². The van der Waals surface area contributed by atoms with Crippen molar-refractivity contribution in [1.82, 2.24) is 4.98 Å². The Balaban J connectivity index is 2.04. The first kappa shape index (κ1) is 10.6. The normalized spacial score (nSPS) is 31.5. The van der Waals surface area contributed by atoms with E-state index >= 15 is 0 Å². The molecule has 2 atom stereocenters. The summed E-state index contributed by atoms with van der Waals surface area (Å²) in [7, 11) is 0. The predicted molar refractivity (Wildman–Crippen MR) is 59.3 cm³/mol. The first-order valence-electron chi connectivity index (χ1n) is 5.56. The van der Waals surface area contributed by atoms with E-state index in [1.54, 1.807) is 6.20 Å². The molecule has 15 heavy (non-hydrogen) atoms. The van der Waals surface area contributed by atoms with Crippen molar-refractivity contribution in [2.75, 3.05) is 0 Å². The van der Waals surface area contributed by atoms with Crippen LogP contribution in [0.25, 0.3) is 0 Å². The summed E-state index contributed by atoms with van der Waals surface area (Å²) in [6.07, 6.45) is 5.98. The lowest BCUT2D eigenvalue weighted by Crippen LogP contribution is -2.42. The third-order valence-corrected chi connectivity index (χ3v) is 3.10. The summed E-state index contributed by atoms with van der Waals surface area (Å²) in [5.41, 5.74) is 6.20. The van der Waals surface area contributed by atoms with Crippen LogP contribution in [-0.2, 0) is 6.42 Å². The number of rotatable bonds is 2. The third-order valence-electron chi connectivity index (χ3n) is 3.10. The van der Waals surface area contributed by atoms with Crippen LogP contribution in [0.1, 0.15) is 31.4 Å². The summed E-state index contributed by atoms with van der Waals surface area (Å²) in [4.78, 5) is 4.24. The van der Waals surface area contributed by atoms with E-state index in [1.807, 2.05) is 18.2 Å². The Kier molecular flexibility index (Phi) is 3.03. The molecule has 1 aliphatic rings. The second-order valence-corrected chi connectivity index (χ2v) is 4.58. The molecule has 2 unspecified atom stereocenters. The summed E-state index contributed by atoms with van der Waals surface area (Å²) in [5, 5.41) is 10.4. The first-order valence-corrected chi connectivity index (χ1v) is 5.56. The second-order valence-electron chi connectivity index (χ2n) is 4.58. The number of pyridine rings is 1. The minimum absolute atomic E-state index is 0.146. The Morgan fingerprint density at radius 1 is 1.53 bits per heavy atom. The molecule has 0 amide bonds. The van der Waals surface area contributed by atoms with Gasteiger partial charge in [0.2, 0.25) is 0 Å². The molecule has 3 nitrogen and oxygen atoms in total. The summed E-state index contributed by atoms with van der Waals surface area (Å²) >= 11 is 0. The molecule has 0 radical (unpaired) electrons. The minimum atomic E-state index is -0.633. The molecule has 2 rings (SSSR count). The highest BCUT2D eigenvalue weighted by molar-refractivity contribution is 5.08. The van der Waals surface area contributed by atoms with E-state index in [0.717, 1.165) is 25.0 Å². The lowest BCUT2D eigenvalue weighted by molar-refractivity contribution is -0.00269. The number of nitrogens with zero attached hydrogens (tertiary/aromatic N) is 1. The van der Waals surface area contributed by atoms with Crippen LogP contribution >= 0.6 is 0 Å². The van der Waals surface area contributed by atoms with Crippen molar-refractivity contribution < 1.29 is 5.11 Å². The number of nitrogens with two attached hydrogens (primary N) is 1. The lowest BCUT2D eigenvalue weighted by atomic mass is 9.79. The highest BCUT2D eigenvalue weighted by Gasteiger charge is 2.33. The predicted octanol–water partition coefficient (Wildman–Crippen LogP) is 1.26. The molecule has 1 aliphatic carbocycles. The van der Waals surface area contributed by atoms with Gasteiger partial charge in [-0.15, -0.1) is 0 Å².